The van der Waals surface area contributed by atoms with Gasteiger partial charge in [-0.05, 0) is 67.6 Å². The fourth-order valence-electron chi connectivity index (χ4n) is 3.02. The van der Waals surface area contributed by atoms with Gasteiger partial charge < -0.3 is 14.8 Å². The molecule has 180 valence electrons. The van der Waals surface area contributed by atoms with Crippen molar-refractivity contribution in [3.63, 3.8) is 0 Å². The highest BCUT2D eigenvalue weighted by Crippen LogP contribution is 2.27. The average molecular weight is 523 g/mol. The van der Waals surface area contributed by atoms with Gasteiger partial charge in [0, 0.05) is 5.02 Å². The van der Waals surface area contributed by atoms with Gasteiger partial charge in [0.15, 0.2) is 0 Å². The third kappa shape index (κ3) is 6.79. The Kier molecular flexibility index (Phi) is 9.04. The van der Waals surface area contributed by atoms with Crippen LogP contribution in [0.25, 0.3) is 0 Å². The first kappa shape index (κ1) is 25.7. The number of sulfonamides is 1. The van der Waals surface area contributed by atoms with Crippen LogP contribution in [0.4, 0.5) is 5.69 Å². The summed E-state index contributed by atoms with van der Waals surface area (Å²) in [6.45, 7) is 2.24. The van der Waals surface area contributed by atoms with Crippen LogP contribution in [0.15, 0.2) is 77.7 Å². The molecule has 0 saturated heterocycles. The second-order valence-electron chi connectivity index (χ2n) is 7.02. The van der Waals surface area contributed by atoms with Gasteiger partial charge in [-0.3, -0.25) is 9.10 Å². The number of para-hydroxylation sites is 1. The predicted octanol–water partition coefficient (Wildman–Crippen LogP) is 4.78. The molecule has 0 spiro atoms. The summed E-state index contributed by atoms with van der Waals surface area (Å²) >= 11 is 12.0. The van der Waals surface area contributed by atoms with Gasteiger partial charge in [0.05, 0.1) is 28.8 Å². The van der Waals surface area contributed by atoms with Gasteiger partial charge >= 0.3 is 0 Å². The van der Waals surface area contributed by atoms with Gasteiger partial charge in [-0.1, -0.05) is 35.3 Å². The second kappa shape index (κ2) is 12.0. The van der Waals surface area contributed by atoms with Crippen molar-refractivity contribution in [1.82, 2.24) is 5.32 Å². The van der Waals surface area contributed by atoms with Crippen molar-refractivity contribution in [2.24, 2.45) is 0 Å². The molecule has 1 N–H and O–H groups in total. The van der Waals surface area contributed by atoms with Crippen LogP contribution in [0.3, 0.4) is 0 Å². The van der Waals surface area contributed by atoms with Gasteiger partial charge in [0.2, 0.25) is 5.91 Å². The molecule has 0 radical (unpaired) electrons. The molecule has 0 aliphatic heterocycles. The number of nitrogens with one attached hydrogen (secondary N) is 1. The Morgan fingerprint density at radius 3 is 2.26 bits per heavy atom. The number of halogens is 2. The van der Waals surface area contributed by atoms with E-state index in [4.69, 9.17) is 32.7 Å². The molecule has 1 amide bonds. The van der Waals surface area contributed by atoms with E-state index in [0.717, 1.165) is 4.31 Å². The summed E-state index contributed by atoms with van der Waals surface area (Å²) in [6, 6.07) is 19.2. The molecule has 0 aromatic heterocycles. The van der Waals surface area contributed by atoms with Gasteiger partial charge in [-0.25, -0.2) is 8.42 Å². The molecule has 34 heavy (non-hydrogen) atoms. The minimum atomic E-state index is -4.05. The van der Waals surface area contributed by atoms with E-state index in [-0.39, 0.29) is 18.0 Å². The van der Waals surface area contributed by atoms with Crippen LogP contribution in [-0.2, 0) is 14.8 Å². The molecule has 0 aliphatic rings. The molecule has 0 bridgehead atoms. The van der Waals surface area contributed by atoms with Crippen molar-refractivity contribution < 1.29 is 22.7 Å². The van der Waals surface area contributed by atoms with Crippen molar-refractivity contribution >= 4 is 44.8 Å². The normalized spacial score (nSPS) is 11.0. The van der Waals surface area contributed by atoms with Crippen LogP contribution < -0.4 is 19.1 Å². The average Bonchev–Trinajstić information content (AvgIpc) is 2.82. The number of anilines is 1. The van der Waals surface area contributed by atoms with Crippen molar-refractivity contribution in [1.29, 1.82) is 0 Å². The zero-order chi connectivity index (χ0) is 24.6. The minimum Gasteiger partial charge on any atom is -0.494 e. The minimum absolute atomic E-state index is 0.0145. The Labute approximate surface area is 209 Å². The summed E-state index contributed by atoms with van der Waals surface area (Å²) < 4.78 is 38.8. The lowest BCUT2D eigenvalue weighted by Gasteiger charge is -2.24. The van der Waals surface area contributed by atoms with Crippen molar-refractivity contribution in [2.45, 2.75) is 11.8 Å². The molecule has 3 aromatic rings. The van der Waals surface area contributed by atoms with Crippen molar-refractivity contribution in [2.75, 3.05) is 30.6 Å². The molecule has 7 nitrogen and oxygen atoms in total. The number of benzene rings is 3. The lowest BCUT2D eigenvalue weighted by molar-refractivity contribution is -0.119. The first-order valence-corrected chi connectivity index (χ1v) is 12.7. The molecular weight excluding hydrogens is 499 g/mol. The first-order valence-electron chi connectivity index (χ1n) is 10.5. The fourth-order valence-corrected chi connectivity index (χ4v) is 4.76. The largest absolute Gasteiger partial charge is 0.494 e. The number of rotatable bonds is 11. The van der Waals surface area contributed by atoms with Gasteiger partial charge in [-0.2, -0.15) is 0 Å². The fraction of sp³-hybridized carbons (Fsp3) is 0.208. The standard InChI is InChI=1S/C24H24Cl2N2O5S/c1-2-32-20-11-9-19(10-12-20)28(34(30,31)21-13-7-18(25)8-14-21)17-24(29)27-15-16-33-23-6-4-3-5-22(23)26/h3-14H,2,15-17H2,1H3,(H,27,29). The quantitative estimate of drug-likeness (QED) is 0.366. The molecule has 0 aliphatic carbocycles. The molecule has 0 unspecified atom stereocenters. The predicted molar refractivity (Wildman–Crippen MR) is 134 cm³/mol. The van der Waals surface area contributed by atoms with E-state index in [1.165, 1.54) is 24.3 Å². The lowest BCUT2D eigenvalue weighted by Crippen LogP contribution is -2.41. The summed E-state index contributed by atoms with van der Waals surface area (Å²) in [5, 5.41) is 3.55. The number of ether oxygens (including phenoxy) is 2. The summed E-state index contributed by atoms with van der Waals surface area (Å²) in [4.78, 5) is 12.7. The highest BCUT2D eigenvalue weighted by molar-refractivity contribution is 7.92. The number of carbonyl (C=O) groups excluding carboxylic acids is 1. The maximum absolute atomic E-state index is 13.4. The Bertz CT molecular complexity index is 1200. The Morgan fingerprint density at radius 1 is 0.941 bits per heavy atom. The lowest BCUT2D eigenvalue weighted by atomic mass is 10.3. The summed E-state index contributed by atoms with van der Waals surface area (Å²) in [7, 11) is -4.05. The highest BCUT2D eigenvalue weighted by Gasteiger charge is 2.27. The number of hydrogen-bond acceptors (Lipinski definition) is 5. The van der Waals surface area contributed by atoms with E-state index >= 15 is 0 Å². The molecule has 0 saturated carbocycles. The molecule has 10 heteroatoms. The number of amides is 1. The maximum atomic E-state index is 13.4. The van der Waals surface area contributed by atoms with Gasteiger partial charge in [-0.15, -0.1) is 0 Å². The smallest absolute Gasteiger partial charge is 0.264 e. The van der Waals surface area contributed by atoms with Crippen LogP contribution in [0.5, 0.6) is 11.5 Å². The summed E-state index contributed by atoms with van der Waals surface area (Å²) in [6.07, 6.45) is 0. The Hall–Kier alpha value is -2.94. The number of nitrogens with zero attached hydrogens (tertiary/aromatic N) is 1. The molecule has 3 rings (SSSR count). The zero-order valence-electron chi connectivity index (χ0n) is 18.4. The number of hydrogen-bond donors (Lipinski definition) is 1. The Morgan fingerprint density at radius 2 is 1.62 bits per heavy atom. The molecule has 0 atom stereocenters. The zero-order valence-corrected chi connectivity index (χ0v) is 20.7. The van der Waals surface area contributed by atoms with E-state index in [0.29, 0.717) is 33.8 Å². The van der Waals surface area contributed by atoms with Gasteiger partial charge in [0.1, 0.15) is 24.7 Å². The van der Waals surface area contributed by atoms with Crippen LogP contribution in [0.2, 0.25) is 10.0 Å². The van der Waals surface area contributed by atoms with E-state index in [2.05, 4.69) is 5.32 Å². The maximum Gasteiger partial charge on any atom is 0.264 e. The summed E-state index contributed by atoms with van der Waals surface area (Å²) in [5.41, 5.74) is 0.320. The monoisotopic (exact) mass is 522 g/mol. The van der Waals surface area contributed by atoms with Gasteiger partial charge in [0.25, 0.3) is 10.0 Å². The van der Waals surface area contributed by atoms with Crippen LogP contribution in [0, 0.1) is 0 Å². The Balaban J connectivity index is 1.73. The first-order chi connectivity index (χ1) is 16.3. The van der Waals surface area contributed by atoms with Crippen LogP contribution in [-0.4, -0.2) is 40.6 Å². The second-order valence-corrected chi connectivity index (χ2v) is 9.73. The molecule has 0 fully saturated rings. The topological polar surface area (TPSA) is 84.9 Å². The van der Waals surface area contributed by atoms with E-state index in [1.54, 1.807) is 48.5 Å². The molecule has 3 aromatic carbocycles. The van der Waals surface area contributed by atoms with E-state index < -0.39 is 22.5 Å². The van der Waals surface area contributed by atoms with E-state index in [1.807, 2.05) is 6.92 Å². The third-order valence-electron chi connectivity index (χ3n) is 4.64. The van der Waals surface area contributed by atoms with E-state index in [9.17, 15) is 13.2 Å². The van der Waals surface area contributed by atoms with Crippen molar-refractivity contribution in [3.8, 4) is 11.5 Å². The van der Waals surface area contributed by atoms with Crippen LogP contribution >= 0.6 is 23.2 Å². The van der Waals surface area contributed by atoms with Crippen molar-refractivity contribution in [3.05, 3.63) is 82.8 Å². The highest BCUT2D eigenvalue weighted by atomic mass is 35.5. The molecule has 0 heterocycles. The summed E-state index contributed by atoms with van der Waals surface area (Å²) in [5.74, 6) is 0.602. The van der Waals surface area contributed by atoms with Crippen LogP contribution in [0.1, 0.15) is 6.92 Å². The SMILES string of the molecule is CCOc1ccc(N(CC(=O)NCCOc2ccccc2Cl)S(=O)(=O)c2ccc(Cl)cc2)cc1. The third-order valence-corrected chi connectivity index (χ3v) is 7.00. The number of carbonyl (C=O) groups is 1. The molecular formula is C24H24Cl2N2O5S.